The van der Waals surface area contributed by atoms with Crippen LogP contribution in [0.1, 0.15) is 11.7 Å². The van der Waals surface area contributed by atoms with Crippen molar-refractivity contribution in [3.63, 3.8) is 0 Å². The number of hydrogen-bond donors (Lipinski definition) is 4. The summed E-state index contributed by atoms with van der Waals surface area (Å²) in [6.45, 7) is -0.280. The molecule has 0 spiro atoms. The molecule has 10 heteroatoms. The highest BCUT2D eigenvalue weighted by atomic mass is 32.2. The van der Waals surface area contributed by atoms with Crippen molar-refractivity contribution in [3.8, 4) is 0 Å². The van der Waals surface area contributed by atoms with E-state index in [1.807, 2.05) is 4.98 Å². The second-order valence-electron chi connectivity index (χ2n) is 3.86. The molecule has 20 heavy (non-hydrogen) atoms. The average molecular weight is 317 g/mol. The van der Waals surface area contributed by atoms with Crippen molar-refractivity contribution >= 4 is 21.4 Å². The van der Waals surface area contributed by atoms with Gasteiger partial charge in [0.2, 0.25) is 10.0 Å². The van der Waals surface area contributed by atoms with Gasteiger partial charge in [-0.1, -0.05) is 0 Å². The van der Waals surface area contributed by atoms with Crippen LogP contribution in [-0.4, -0.2) is 30.0 Å². The van der Waals surface area contributed by atoms with Crippen LogP contribution < -0.4 is 16.0 Å². The van der Waals surface area contributed by atoms with E-state index in [1.165, 1.54) is 11.3 Å². The molecule has 1 unspecified atom stereocenters. The number of sulfonamides is 1. The van der Waals surface area contributed by atoms with Crippen molar-refractivity contribution in [2.75, 3.05) is 6.54 Å². The minimum Gasteiger partial charge on any atom is -0.387 e. The molecule has 0 saturated carbocycles. The first-order valence-corrected chi connectivity index (χ1v) is 7.84. The Morgan fingerprint density at radius 1 is 1.40 bits per heavy atom. The lowest BCUT2D eigenvalue weighted by Gasteiger charge is -2.10. The highest BCUT2D eigenvalue weighted by Crippen LogP contribution is 2.15. The summed E-state index contributed by atoms with van der Waals surface area (Å²) in [5.41, 5.74) is -1.24. The summed E-state index contributed by atoms with van der Waals surface area (Å²) in [5, 5.41) is 13.2. The van der Waals surface area contributed by atoms with Gasteiger partial charge in [-0.3, -0.25) is 9.78 Å². The topological polar surface area (TPSA) is 132 Å². The van der Waals surface area contributed by atoms with E-state index in [1.54, 1.807) is 16.8 Å². The number of nitrogens with one attached hydrogen (secondary N) is 3. The van der Waals surface area contributed by atoms with Crippen LogP contribution in [0.4, 0.5) is 0 Å². The summed E-state index contributed by atoms with van der Waals surface area (Å²) >= 11 is 1.37. The molecule has 0 radical (unpaired) electrons. The number of thiophene rings is 1. The van der Waals surface area contributed by atoms with Crippen molar-refractivity contribution in [3.05, 3.63) is 49.4 Å². The predicted molar refractivity (Wildman–Crippen MR) is 72.2 cm³/mol. The molecule has 0 saturated heterocycles. The molecule has 8 nitrogen and oxygen atoms in total. The molecule has 2 aromatic rings. The van der Waals surface area contributed by atoms with E-state index in [0.717, 1.165) is 6.20 Å². The number of aliphatic hydroxyl groups excluding tert-OH is 1. The molecule has 108 valence electrons. The lowest BCUT2D eigenvalue weighted by molar-refractivity contribution is 0.182. The molecular weight excluding hydrogens is 306 g/mol. The predicted octanol–water partition coefficient (Wildman–Crippen LogP) is -0.863. The van der Waals surface area contributed by atoms with Gasteiger partial charge in [-0.25, -0.2) is 17.9 Å². The molecule has 0 fully saturated rings. The van der Waals surface area contributed by atoms with E-state index in [4.69, 9.17) is 0 Å². The second-order valence-corrected chi connectivity index (χ2v) is 6.38. The Balaban J connectivity index is 2.16. The highest BCUT2D eigenvalue weighted by molar-refractivity contribution is 7.89. The minimum absolute atomic E-state index is 0.280. The quantitative estimate of drug-likeness (QED) is 0.569. The van der Waals surface area contributed by atoms with Crippen LogP contribution in [0.15, 0.2) is 37.5 Å². The van der Waals surface area contributed by atoms with Crippen LogP contribution in [0, 0.1) is 0 Å². The Morgan fingerprint density at radius 3 is 2.75 bits per heavy atom. The zero-order valence-corrected chi connectivity index (χ0v) is 11.6. The van der Waals surface area contributed by atoms with Gasteiger partial charge in [-0.05, 0) is 22.4 Å². The molecule has 2 rings (SSSR count). The number of aromatic amines is 2. The van der Waals surface area contributed by atoms with E-state index in [2.05, 4.69) is 9.71 Å². The zero-order valence-electron chi connectivity index (χ0n) is 9.99. The van der Waals surface area contributed by atoms with Crippen LogP contribution in [0.3, 0.4) is 0 Å². The molecule has 2 heterocycles. The van der Waals surface area contributed by atoms with Crippen molar-refractivity contribution in [2.24, 2.45) is 0 Å². The second kappa shape index (κ2) is 5.71. The molecule has 0 bridgehead atoms. The van der Waals surface area contributed by atoms with Crippen LogP contribution >= 0.6 is 11.3 Å². The minimum atomic E-state index is -4.11. The summed E-state index contributed by atoms with van der Waals surface area (Å²) in [5.74, 6) is 0. The van der Waals surface area contributed by atoms with E-state index >= 15 is 0 Å². The van der Waals surface area contributed by atoms with Crippen molar-refractivity contribution in [1.82, 2.24) is 14.7 Å². The Hall–Kier alpha value is -1.75. The SMILES string of the molecule is O=c1[nH]cc(S(=O)(=O)NCC(O)c2ccsc2)c(=O)[nH]1. The Bertz CT molecular complexity index is 791. The fraction of sp³-hybridized carbons (Fsp3) is 0.200. The molecule has 0 aromatic carbocycles. The monoisotopic (exact) mass is 317 g/mol. The van der Waals surface area contributed by atoms with Crippen molar-refractivity contribution < 1.29 is 13.5 Å². The van der Waals surface area contributed by atoms with Gasteiger partial charge in [0.05, 0.1) is 6.10 Å². The molecule has 0 aliphatic heterocycles. The van der Waals surface area contributed by atoms with Crippen molar-refractivity contribution in [1.29, 1.82) is 0 Å². The van der Waals surface area contributed by atoms with E-state index in [9.17, 15) is 23.1 Å². The fourth-order valence-corrected chi connectivity index (χ4v) is 3.19. The normalized spacial score (nSPS) is 13.2. The maximum atomic E-state index is 11.9. The molecular formula is C10H11N3O5S2. The number of rotatable bonds is 5. The van der Waals surface area contributed by atoms with Crippen LogP contribution in [0.2, 0.25) is 0 Å². The average Bonchev–Trinajstić information content (AvgIpc) is 2.89. The third-order valence-electron chi connectivity index (χ3n) is 2.47. The molecule has 1 atom stereocenters. The zero-order chi connectivity index (χ0) is 14.8. The van der Waals surface area contributed by atoms with Gasteiger partial charge in [0.25, 0.3) is 5.56 Å². The maximum Gasteiger partial charge on any atom is 0.325 e. The number of aliphatic hydroxyl groups is 1. The van der Waals surface area contributed by atoms with Crippen LogP contribution in [-0.2, 0) is 10.0 Å². The summed E-state index contributed by atoms with van der Waals surface area (Å²) in [4.78, 5) is 25.5. The van der Waals surface area contributed by atoms with Crippen LogP contribution in [0.5, 0.6) is 0 Å². The highest BCUT2D eigenvalue weighted by Gasteiger charge is 2.20. The largest absolute Gasteiger partial charge is 0.387 e. The van der Waals surface area contributed by atoms with Gasteiger partial charge < -0.3 is 10.1 Å². The first-order chi connectivity index (χ1) is 9.40. The number of aromatic nitrogens is 2. The summed E-state index contributed by atoms with van der Waals surface area (Å²) in [6, 6.07) is 1.66. The van der Waals surface area contributed by atoms with E-state index in [-0.39, 0.29) is 6.54 Å². The number of H-pyrrole nitrogens is 2. The van der Waals surface area contributed by atoms with Crippen molar-refractivity contribution in [2.45, 2.75) is 11.0 Å². The third kappa shape index (κ3) is 3.22. The fourth-order valence-electron chi connectivity index (χ4n) is 1.45. The van der Waals surface area contributed by atoms with E-state index in [0.29, 0.717) is 5.56 Å². The molecule has 4 N–H and O–H groups in total. The standard InChI is InChI=1S/C10H11N3O5S2/c14-7(6-1-2-19-5-6)3-12-20(17,18)8-4-11-10(16)13-9(8)15/h1-2,4-5,7,12,14H,3H2,(H2,11,13,15,16). The summed E-state index contributed by atoms with van der Waals surface area (Å²) in [7, 11) is -4.11. The van der Waals surface area contributed by atoms with Gasteiger partial charge in [-0.15, -0.1) is 0 Å². The van der Waals surface area contributed by atoms with Gasteiger partial charge in [0.1, 0.15) is 0 Å². The van der Waals surface area contributed by atoms with E-state index < -0.39 is 32.3 Å². The van der Waals surface area contributed by atoms with Gasteiger partial charge in [0.15, 0.2) is 4.90 Å². The molecule has 0 amide bonds. The molecule has 0 aliphatic rings. The molecule has 0 aliphatic carbocycles. The maximum absolute atomic E-state index is 11.9. The Kier molecular flexibility index (Phi) is 4.18. The smallest absolute Gasteiger partial charge is 0.325 e. The first-order valence-electron chi connectivity index (χ1n) is 5.42. The Labute approximate surface area is 117 Å². The van der Waals surface area contributed by atoms with Gasteiger partial charge in [0, 0.05) is 12.7 Å². The number of hydrogen-bond acceptors (Lipinski definition) is 6. The van der Waals surface area contributed by atoms with Gasteiger partial charge in [-0.2, -0.15) is 11.3 Å². The molecule has 2 aromatic heterocycles. The summed E-state index contributed by atoms with van der Waals surface area (Å²) in [6.07, 6.45) is -0.210. The Morgan fingerprint density at radius 2 is 2.15 bits per heavy atom. The lowest BCUT2D eigenvalue weighted by atomic mass is 10.2. The summed E-state index contributed by atoms with van der Waals surface area (Å²) < 4.78 is 25.9. The first kappa shape index (κ1) is 14.7. The van der Waals surface area contributed by atoms with Gasteiger partial charge >= 0.3 is 5.69 Å². The third-order valence-corrected chi connectivity index (χ3v) is 4.60. The lowest BCUT2D eigenvalue weighted by Crippen LogP contribution is -2.34. The van der Waals surface area contributed by atoms with Crippen LogP contribution in [0.25, 0.3) is 0 Å².